The third-order valence-corrected chi connectivity index (χ3v) is 17.1. The standard InChI is InChI=1S/C34H68N4O14P4/c1-9-45-53(39,46-10-2)35-22-18-24-37(55(41,49-13-5)50-14-6)28-30-43-33-20-17-21-34(32-33)44-31-29-38(56(42,51-15-7)52-16-8)25-19-23-36(27-26-35)54(40,47-11-3)48-12-4/h17,20-21,32H,9-16,18-19,22-31H2,1-8H3. The summed E-state index contributed by atoms with van der Waals surface area (Å²) in [6.45, 7) is 16.5. The zero-order valence-corrected chi connectivity index (χ0v) is 38.3. The van der Waals surface area contributed by atoms with Crippen LogP contribution in [0.4, 0.5) is 0 Å². The maximum atomic E-state index is 14.4. The Hall–Kier alpha value is -0.740. The fourth-order valence-corrected chi connectivity index (χ4v) is 12.9. The molecule has 0 spiro atoms. The van der Waals surface area contributed by atoms with Gasteiger partial charge < -0.3 is 9.47 Å². The molecule has 18 nitrogen and oxygen atoms in total. The Bertz CT molecular complexity index is 1290. The van der Waals surface area contributed by atoms with Gasteiger partial charge in [0.1, 0.15) is 24.7 Å². The quantitative estimate of drug-likeness (QED) is 0.115. The lowest BCUT2D eigenvalue weighted by Gasteiger charge is -2.35. The minimum absolute atomic E-state index is 0.0721. The van der Waals surface area contributed by atoms with E-state index in [1.54, 1.807) is 98.3 Å². The lowest BCUT2D eigenvalue weighted by molar-refractivity contribution is 0.137. The highest BCUT2D eigenvalue weighted by molar-refractivity contribution is 7.52. The van der Waals surface area contributed by atoms with Gasteiger partial charge in [0.15, 0.2) is 0 Å². The van der Waals surface area contributed by atoms with E-state index in [-0.39, 0.29) is 118 Å². The van der Waals surface area contributed by atoms with Gasteiger partial charge in [0, 0.05) is 58.4 Å². The van der Waals surface area contributed by atoms with E-state index in [2.05, 4.69) is 0 Å². The van der Waals surface area contributed by atoms with Crippen LogP contribution in [-0.4, -0.2) is 137 Å². The zero-order valence-electron chi connectivity index (χ0n) is 34.7. The lowest BCUT2D eigenvalue weighted by Crippen LogP contribution is -2.37. The number of rotatable bonds is 20. The summed E-state index contributed by atoms with van der Waals surface area (Å²) >= 11 is 0. The molecule has 0 amide bonds. The predicted molar refractivity (Wildman–Crippen MR) is 216 cm³/mol. The van der Waals surface area contributed by atoms with Crippen molar-refractivity contribution in [2.24, 2.45) is 0 Å². The van der Waals surface area contributed by atoms with Crippen LogP contribution in [0, 0.1) is 0 Å². The highest BCUT2D eigenvalue weighted by Crippen LogP contribution is 2.56. The van der Waals surface area contributed by atoms with Crippen LogP contribution >= 0.6 is 31.0 Å². The van der Waals surface area contributed by atoms with Crippen molar-refractivity contribution in [1.29, 1.82) is 0 Å². The molecular weight excluding hydrogens is 812 g/mol. The number of benzene rings is 1. The Morgan fingerprint density at radius 2 is 0.679 bits per heavy atom. The fraction of sp³-hybridized carbons (Fsp3) is 0.824. The molecule has 0 fully saturated rings. The summed E-state index contributed by atoms with van der Waals surface area (Å²) in [5.74, 6) is 1.05. The maximum absolute atomic E-state index is 14.4. The molecule has 0 saturated heterocycles. The second-order valence-corrected chi connectivity index (χ2v) is 20.0. The van der Waals surface area contributed by atoms with E-state index < -0.39 is 31.0 Å². The van der Waals surface area contributed by atoms with Gasteiger partial charge in [0.25, 0.3) is 0 Å². The SMILES string of the molecule is CCOP(=O)(OCC)N1CCCN(P(=O)(OCC)OCC)CCN(P(=O)(OCC)OCC)CCCN(P(=O)(OCC)OCC)CCOc2cccc(c2)OCC1. The van der Waals surface area contributed by atoms with Crippen molar-refractivity contribution in [2.45, 2.75) is 68.2 Å². The lowest BCUT2D eigenvalue weighted by atomic mass is 10.3. The third kappa shape index (κ3) is 16.4. The Labute approximate surface area is 335 Å². The molecule has 22 heteroatoms. The Balaban J connectivity index is 2.65. The molecule has 0 atom stereocenters. The second kappa shape index (κ2) is 27.2. The molecule has 0 radical (unpaired) electrons. The largest absolute Gasteiger partial charge is 0.492 e. The molecule has 1 aliphatic rings. The van der Waals surface area contributed by atoms with Gasteiger partial charge in [-0.1, -0.05) is 6.07 Å². The molecule has 1 heterocycles. The molecule has 0 unspecified atom stereocenters. The minimum Gasteiger partial charge on any atom is -0.492 e. The van der Waals surface area contributed by atoms with Gasteiger partial charge in [-0.2, -0.15) is 0 Å². The van der Waals surface area contributed by atoms with Crippen LogP contribution in [0.2, 0.25) is 0 Å². The van der Waals surface area contributed by atoms with Crippen LogP contribution in [0.25, 0.3) is 0 Å². The van der Waals surface area contributed by atoms with Gasteiger partial charge in [-0.25, -0.2) is 36.9 Å². The van der Waals surface area contributed by atoms with E-state index in [1.807, 2.05) is 0 Å². The predicted octanol–water partition coefficient (Wildman–Crippen LogP) is 8.17. The molecule has 0 aromatic heterocycles. The third-order valence-electron chi connectivity index (χ3n) is 8.05. The van der Waals surface area contributed by atoms with Gasteiger partial charge in [0.2, 0.25) is 0 Å². The normalized spacial score (nSPS) is 18.2. The topological polar surface area (TPSA) is 174 Å². The Morgan fingerprint density at radius 3 is 0.929 bits per heavy atom. The molecule has 0 saturated carbocycles. The molecule has 2 bridgehead atoms. The van der Waals surface area contributed by atoms with Gasteiger partial charge in [-0.05, 0) is 80.4 Å². The van der Waals surface area contributed by atoms with Crippen LogP contribution < -0.4 is 9.47 Å². The van der Waals surface area contributed by atoms with Crippen molar-refractivity contribution in [2.75, 3.05) is 118 Å². The van der Waals surface area contributed by atoms with Gasteiger partial charge in [0.05, 0.1) is 52.9 Å². The first kappa shape index (κ1) is 51.4. The minimum atomic E-state index is -3.87. The van der Waals surface area contributed by atoms with E-state index in [9.17, 15) is 18.3 Å². The van der Waals surface area contributed by atoms with E-state index in [4.69, 9.17) is 45.7 Å². The average Bonchev–Trinajstić information content (AvgIpc) is 3.14. The first-order valence-electron chi connectivity index (χ1n) is 19.8. The first-order chi connectivity index (χ1) is 26.9. The van der Waals surface area contributed by atoms with Crippen molar-refractivity contribution in [1.82, 2.24) is 18.7 Å². The smallest absolute Gasteiger partial charge is 0.408 e. The van der Waals surface area contributed by atoms with Crippen LogP contribution in [0.15, 0.2) is 24.3 Å². The summed E-state index contributed by atoms with van der Waals surface area (Å²) < 4.78 is 121. The van der Waals surface area contributed by atoms with Crippen molar-refractivity contribution >= 4 is 31.0 Å². The molecule has 1 aliphatic heterocycles. The fourth-order valence-electron chi connectivity index (χ4n) is 5.83. The molecule has 1 aromatic rings. The monoisotopic (exact) mass is 880 g/mol. The van der Waals surface area contributed by atoms with Crippen molar-refractivity contribution in [3.63, 3.8) is 0 Å². The average molecular weight is 881 g/mol. The highest BCUT2D eigenvalue weighted by Gasteiger charge is 2.39. The highest BCUT2D eigenvalue weighted by atomic mass is 31.2. The molecular formula is C34H68N4O14P4. The number of nitrogens with zero attached hydrogens (tertiary/aromatic N) is 4. The summed E-state index contributed by atoms with van der Waals surface area (Å²) in [6, 6.07) is 7.10. The van der Waals surface area contributed by atoms with Gasteiger partial charge in [-0.15, -0.1) is 0 Å². The molecule has 1 aromatic carbocycles. The molecule has 2 rings (SSSR count). The number of hydrogen-bond acceptors (Lipinski definition) is 14. The van der Waals surface area contributed by atoms with Gasteiger partial charge in [-0.3, -0.25) is 36.2 Å². The van der Waals surface area contributed by atoms with Gasteiger partial charge >= 0.3 is 31.0 Å². The van der Waals surface area contributed by atoms with E-state index in [0.717, 1.165) is 0 Å². The van der Waals surface area contributed by atoms with E-state index in [1.165, 1.54) is 0 Å². The molecule has 0 N–H and O–H groups in total. The molecule has 56 heavy (non-hydrogen) atoms. The molecule has 328 valence electrons. The number of ether oxygens (including phenoxy) is 2. The van der Waals surface area contributed by atoms with Crippen LogP contribution in [0.5, 0.6) is 11.5 Å². The zero-order chi connectivity index (χ0) is 41.5. The maximum Gasteiger partial charge on any atom is 0.408 e. The summed E-state index contributed by atoms with van der Waals surface area (Å²) in [5.41, 5.74) is 0. The molecule has 0 aliphatic carbocycles. The van der Waals surface area contributed by atoms with Crippen LogP contribution in [-0.2, 0) is 54.5 Å². The Morgan fingerprint density at radius 1 is 0.429 bits per heavy atom. The summed E-state index contributed by atoms with van der Waals surface area (Å²) in [4.78, 5) is 0. The number of hydrogen-bond donors (Lipinski definition) is 0. The van der Waals surface area contributed by atoms with E-state index in [0.29, 0.717) is 24.3 Å². The van der Waals surface area contributed by atoms with Crippen molar-refractivity contribution in [3.8, 4) is 11.5 Å². The van der Waals surface area contributed by atoms with Crippen molar-refractivity contribution < 1.29 is 63.9 Å². The van der Waals surface area contributed by atoms with E-state index >= 15 is 0 Å². The first-order valence-corrected chi connectivity index (χ1v) is 25.8. The second-order valence-electron chi connectivity index (χ2n) is 11.9. The summed E-state index contributed by atoms with van der Waals surface area (Å²) in [5, 5.41) is 0. The number of fused-ring (bicyclic) bond motifs is 2. The summed E-state index contributed by atoms with van der Waals surface area (Å²) in [6.07, 6.45) is 0.677. The van der Waals surface area contributed by atoms with Crippen LogP contribution in [0.1, 0.15) is 68.2 Å². The van der Waals surface area contributed by atoms with Crippen LogP contribution in [0.3, 0.4) is 0 Å². The summed E-state index contributed by atoms with van der Waals surface area (Å²) in [7, 11) is -15.2. The Kier molecular flexibility index (Phi) is 24.9. The van der Waals surface area contributed by atoms with Crippen molar-refractivity contribution in [3.05, 3.63) is 24.3 Å².